The fraction of sp³-hybridized carbons (Fsp3) is 0.455. The predicted octanol–water partition coefficient (Wildman–Crippen LogP) is 1.04. The Kier molecular flexibility index (Phi) is 5.39. The van der Waals surface area contributed by atoms with E-state index in [2.05, 4.69) is 0 Å². The molecule has 0 saturated heterocycles. The summed E-state index contributed by atoms with van der Waals surface area (Å²) < 4.78 is 23.8. The third kappa shape index (κ3) is 4.63. The van der Waals surface area contributed by atoms with Crippen LogP contribution in [0.5, 0.6) is 0 Å². The van der Waals surface area contributed by atoms with Crippen LogP contribution in [-0.2, 0) is 9.84 Å². The summed E-state index contributed by atoms with van der Waals surface area (Å²) >= 11 is 5.70. The normalized spacial score (nSPS) is 12.0. The van der Waals surface area contributed by atoms with Crippen molar-refractivity contribution >= 4 is 21.4 Å². The van der Waals surface area contributed by atoms with Gasteiger partial charge in [-0.05, 0) is 31.3 Å². The van der Waals surface area contributed by atoms with Crippen molar-refractivity contribution in [3.8, 4) is 0 Å². The molecule has 0 aliphatic carbocycles. The summed E-state index contributed by atoms with van der Waals surface area (Å²) in [6.45, 7) is 0.888. The Labute approximate surface area is 107 Å². The number of sulfone groups is 1. The molecule has 1 aromatic carbocycles. The molecule has 0 radical (unpaired) electrons. The van der Waals surface area contributed by atoms with Crippen molar-refractivity contribution in [2.45, 2.75) is 4.90 Å². The van der Waals surface area contributed by atoms with Gasteiger partial charge in [-0.25, -0.2) is 8.42 Å². The number of hydrogen-bond acceptors (Lipinski definition) is 4. The molecule has 17 heavy (non-hydrogen) atoms. The number of hydrogen-bond donors (Lipinski definition) is 1. The Morgan fingerprint density at radius 3 is 2.35 bits per heavy atom. The number of rotatable bonds is 6. The van der Waals surface area contributed by atoms with Gasteiger partial charge in [0.15, 0.2) is 9.84 Å². The molecule has 0 amide bonds. The van der Waals surface area contributed by atoms with Crippen LogP contribution in [0.3, 0.4) is 0 Å². The number of aliphatic hydroxyl groups is 1. The van der Waals surface area contributed by atoms with E-state index < -0.39 is 9.84 Å². The van der Waals surface area contributed by atoms with Crippen molar-refractivity contribution in [3.05, 3.63) is 29.3 Å². The predicted molar refractivity (Wildman–Crippen MR) is 68.1 cm³/mol. The SMILES string of the molecule is CN(CCO)CCS(=O)(=O)c1ccc(Cl)cc1. The molecule has 96 valence electrons. The Morgan fingerprint density at radius 2 is 1.82 bits per heavy atom. The summed E-state index contributed by atoms with van der Waals surface area (Å²) in [4.78, 5) is 2.05. The lowest BCUT2D eigenvalue weighted by Crippen LogP contribution is -2.28. The van der Waals surface area contributed by atoms with Gasteiger partial charge in [-0.1, -0.05) is 11.6 Å². The van der Waals surface area contributed by atoms with Gasteiger partial charge in [0.2, 0.25) is 0 Å². The van der Waals surface area contributed by atoms with Gasteiger partial charge in [0, 0.05) is 18.1 Å². The lowest BCUT2D eigenvalue weighted by molar-refractivity contribution is 0.227. The van der Waals surface area contributed by atoms with Crippen LogP contribution in [0, 0.1) is 0 Å². The fourth-order valence-corrected chi connectivity index (χ4v) is 2.78. The monoisotopic (exact) mass is 277 g/mol. The number of nitrogens with zero attached hydrogens (tertiary/aromatic N) is 1. The van der Waals surface area contributed by atoms with E-state index in [-0.39, 0.29) is 17.3 Å². The van der Waals surface area contributed by atoms with Gasteiger partial charge < -0.3 is 10.0 Å². The molecule has 0 aliphatic heterocycles. The molecule has 1 rings (SSSR count). The van der Waals surface area contributed by atoms with E-state index in [1.165, 1.54) is 12.1 Å². The summed E-state index contributed by atoms with van der Waals surface area (Å²) in [6, 6.07) is 6.13. The lowest BCUT2D eigenvalue weighted by atomic mass is 10.4. The first-order valence-electron chi connectivity index (χ1n) is 5.23. The summed E-state index contributed by atoms with van der Waals surface area (Å²) in [5.41, 5.74) is 0. The third-order valence-corrected chi connectivity index (χ3v) is 4.36. The summed E-state index contributed by atoms with van der Waals surface area (Å²) in [5, 5.41) is 9.22. The molecule has 6 heteroatoms. The number of halogens is 1. The molecule has 0 bridgehead atoms. The number of likely N-dealkylation sites (N-methyl/N-ethyl adjacent to an activating group) is 1. The van der Waals surface area contributed by atoms with Gasteiger partial charge in [-0.15, -0.1) is 0 Å². The molecule has 0 unspecified atom stereocenters. The van der Waals surface area contributed by atoms with Crippen molar-refractivity contribution in [2.75, 3.05) is 32.5 Å². The molecular formula is C11H16ClNO3S. The van der Waals surface area contributed by atoms with Crippen LogP contribution >= 0.6 is 11.6 Å². The highest BCUT2D eigenvalue weighted by molar-refractivity contribution is 7.91. The van der Waals surface area contributed by atoms with Crippen LogP contribution in [0.25, 0.3) is 0 Å². The van der Waals surface area contributed by atoms with E-state index >= 15 is 0 Å². The second-order valence-electron chi connectivity index (χ2n) is 3.80. The van der Waals surface area contributed by atoms with Crippen LogP contribution in [0.4, 0.5) is 0 Å². The molecule has 0 aromatic heterocycles. The highest BCUT2D eigenvalue weighted by Crippen LogP contribution is 2.15. The molecule has 0 fully saturated rings. The first kappa shape index (κ1) is 14.4. The second kappa shape index (κ2) is 6.35. The van der Waals surface area contributed by atoms with E-state index in [4.69, 9.17) is 16.7 Å². The van der Waals surface area contributed by atoms with Crippen LogP contribution in [0.1, 0.15) is 0 Å². The van der Waals surface area contributed by atoms with Crippen molar-refractivity contribution < 1.29 is 13.5 Å². The summed E-state index contributed by atoms with van der Waals surface area (Å²) in [7, 11) is -1.50. The standard InChI is InChI=1S/C11H16ClNO3S/c1-13(6-8-14)7-9-17(15,16)11-4-2-10(12)3-5-11/h2-5,14H,6-9H2,1H3. The van der Waals surface area contributed by atoms with Gasteiger partial charge in [0.05, 0.1) is 17.3 Å². The van der Waals surface area contributed by atoms with Crippen molar-refractivity contribution in [2.24, 2.45) is 0 Å². The minimum absolute atomic E-state index is 0.0253. The van der Waals surface area contributed by atoms with E-state index in [0.29, 0.717) is 18.1 Å². The van der Waals surface area contributed by atoms with E-state index in [0.717, 1.165) is 0 Å². The largest absolute Gasteiger partial charge is 0.395 e. The maximum absolute atomic E-state index is 11.9. The molecule has 1 N–H and O–H groups in total. The zero-order chi connectivity index (χ0) is 12.9. The first-order valence-corrected chi connectivity index (χ1v) is 7.26. The van der Waals surface area contributed by atoms with Gasteiger partial charge in [-0.2, -0.15) is 0 Å². The molecule has 0 spiro atoms. The second-order valence-corrected chi connectivity index (χ2v) is 6.35. The number of benzene rings is 1. The van der Waals surface area contributed by atoms with Crippen LogP contribution in [-0.4, -0.2) is 50.9 Å². The fourth-order valence-electron chi connectivity index (χ4n) is 1.32. The number of aliphatic hydroxyl groups excluding tert-OH is 1. The average molecular weight is 278 g/mol. The smallest absolute Gasteiger partial charge is 0.179 e. The zero-order valence-electron chi connectivity index (χ0n) is 9.63. The quantitative estimate of drug-likeness (QED) is 0.844. The summed E-state index contributed by atoms with van der Waals surface area (Å²) in [6.07, 6.45) is 0. The maximum atomic E-state index is 11.9. The third-order valence-electron chi connectivity index (χ3n) is 2.40. The molecule has 4 nitrogen and oxygen atoms in total. The van der Waals surface area contributed by atoms with Crippen LogP contribution in [0.15, 0.2) is 29.2 Å². The minimum Gasteiger partial charge on any atom is -0.395 e. The highest BCUT2D eigenvalue weighted by Gasteiger charge is 2.14. The van der Waals surface area contributed by atoms with Crippen molar-refractivity contribution in [1.82, 2.24) is 4.90 Å². The molecule has 0 atom stereocenters. The van der Waals surface area contributed by atoms with Crippen molar-refractivity contribution in [1.29, 1.82) is 0 Å². The zero-order valence-corrected chi connectivity index (χ0v) is 11.2. The van der Waals surface area contributed by atoms with E-state index in [9.17, 15) is 8.42 Å². The summed E-state index contributed by atoms with van der Waals surface area (Å²) in [5.74, 6) is 0.0329. The van der Waals surface area contributed by atoms with Gasteiger partial charge >= 0.3 is 0 Å². The Balaban J connectivity index is 2.66. The van der Waals surface area contributed by atoms with Crippen LogP contribution < -0.4 is 0 Å². The van der Waals surface area contributed by atoms with E-state index in [1.54, 1.807) is 24.1 Å². The molecule has 0 aliphatic rings. The van der Waals surface area contributed by atoms with Gasteiger partial charge in [0.25, 0.3) is 0 Å². The highest BCUT2D eigenvalue weighted by atomic mass is 35.5. The van der Waals surface area contributed by atoms with Crippen LogP contribution in [0.2, 0.25) is 5.02 Å². The molecule has 1 aromatic rings. The Morgan fingerprint density at radius 1 is 1.24 bits per heavy atom. The topological polar surface area (TPSA) is 57.6 Å². The maximum Gasteiger partial charge on any atom is 0.179 e. The van der Waals surface area contributed by atoms with E-state index in [1.807, 2.05) is 0 Å². The first-order chi connectivity index (χ1) is 7.95. The Bertz CT molecular complexity index is 444. The van der Waals surface area contributed by atoms with Gasteiger partial charge in [0.1, 0.15) is 0 Å². The average Bonchev–Trinajstić information content (AvgIpc) is 2.28. The van der Waals surface area contributed by atoms with Gasteiger partial charge in [-0.3, -0.25) is 0 Å². The molecular weight excluding hydrogens is 262 g/mol. The molecule has 0 heterocycles. The molecule has 0 saturated carbocycles. The minimum atomic E-state index is -3.27. The van der Waals surface area contributed by atoms with Crippen molar-refractivity contribution in [3.63, 3.8) is 0 Å². The Hall–Kier alpha value is -0.620. The lowest BCUT2D eigenvalue weighted by Gasteiger charge is -2.14.